The summed E-state index contributed by atoms with van der Waals surface area (Å²) in [6.07, 6.45) is 0. The maximum atomic E-state index is 10.5. The molecule has 0 aromatic carbocycles. The van der Waals surface area contributed by atoms with Gasteiger partial charge in [-0.25, -0.2) is 9.18 Å². The van der Waals surface area contributed by atoms with Crippen molar-refractivity contribution in [1.82, 2.24) is 0 Å². The van der Waals surface area contributed by atoms with E-state index >= 15 is 0 Å². The molecule has 6 heavy (non-hydrogen) atoms. The van der Waals surface area contributed by atoms with Gasteiger partial charge in [-0.2, -0.15) is 0 Å². The molecule has 0 spiro atoms. The van der Waals surface area contributed by atoms with Crippen LogP contribution in [0.3, 0.4) is 0 Å². The fourth-order valence-corrected chi connectivity index (χ4v) is 0. The van der Waals surface area contributed by atoms with Crippen LogP contribution in [0.4, 0.5) is 4.39 Å². The van der Waals surface area contributed by atoms with Crippen LogP contribution in [-0.4, -0.2) is 63.2 Å². The van der Waals surface area contributed by atoms with Gasteiger partial charge in [0.15, 0.2) is 6.67 Å². The Balaban J connectivity index is -0.0000000267. The Morgan fingerprint density at radius 1 is 2.00 bits per heavy atom. The van der Waals surface area contributed by atoms with E-state index in [9.17, 15) is 4.39 Å². The summed E-state index contributed by atoms with van der Waals surface area (Å²) >= 11 is 0. The van der Waals surface area contributed by atoms with E-state index in [0.29, 0.717) is 0 Å². The zero-order valence-corrected chi connectivity index (χ0v) is 6.62. The van der Waals surface area contributed by atoms with Gasteiger partial charge in [0.2, 0.25) is 0 Å². The molecule has 0 saturated heterocycles. The topological polar surface area (TPSA) is 37.3 Å². The smallest absolute Gasteiger partial charge is 1.00 e. The van der Waals surface area contributed by atoms with Gasteiger partial charge in [0.05, 0.1) is 0 Å². The van der Waals surface area contributed by atoms with Crippen LogP contribution in [0.5, 0.6) is 0 Å². The number of hydrogen-bond acceptors (Lipinski definition) is 1. The van der Waals surface area contributed by atoms with Gasteiger partial charge in [0.25, 0.3) is 0 Å². The summed E-state index contributed by atoms with van der Waals surface area (Å²) in [4.78, 5) is 8.99. The van der Waals surface area contributed by atoms with Crippen molar-refractivity contribution in [3.05, 3.63) is 0 Å². The van der Waals surface area contributed by atoms with E-state index in [1.165, 1.54) is 0 Å². The Morgan fingerprint density at radius 3 is 2.17 bits per heavy atom. The molecule has 0 rings (SSSR count). The van der Waals surface area contributed by atoms with Gasteiger partial charge in [0.1, 0.15) is 0 Å². The zero-order chi connectivity index (χ0) is 4.28. The van der Waals surface area contributed by atoms with Crippen LogP contribution in [0.15, 0.2) is 0 Å². The molecule has 0 atom stereocenters. The Bertz CT molecular complexity index is 53.3. The zero-order valence-electron chi connectivity index (χ0n) is 5.15. The van der Waals surface area contributed by atoms with Gasteiger partial charge < -0.3 is 7.96 Å². The van der Waals surface area contributed by atoms with Gasteiger partial charge in [-0.15, -0.1) is 0 Å². The third-order valence-corrected chi connectivity index (χ3v) is 0.114. The van der Waals surface area contributed by atoms with Crippen LogP contribution in [0.2, 0.25) is 0 Å². The summed E-state index contributed by atoms with van der Waals surface area (Å²) in [5.74, 6) is -1.41. The van der Waals surface area contributed by atoms with Gasteiger partial charge >= 0.3 is 51.5 Å². The average molecular weight is 168 g/mol. The average Bonchev–Trinajstić information content (AvgIpc) is 1.38. The van der Waals surface area contributed by atoms with E-state index in [-0.39, 0.29) is 48.3 Å². The fraction of sp³-hybridized carbons (Fsp3) is 0.500. The van der Waals surface area contributed by atoms with Crippen molar-refractivity contribution in [2.24, 2.45) is 0 Å². The van der Waals surface area contributed by atoms with E-state index < -0.39 is 12.6 Å². The van der Waals surface area contributed by atoms with Gasteiger partial charge in [0, 0.05) is 0 Å². The molecule has 2 nitrogen and oxygen atoms in total. The summed E-state index contributed by atoms with van der Waals surface area (Å²) in [5, 5.41) is 7.35. The Hall–Kier alpha value is 0.881. The third kappa shape index (κ3) is 8.86. The maximum absolute atomic E-state index is 10.5. The van der Waals surface area contributed by atoms with Gasteiger partial charge in [-0.1, -0.05) is 0 Å². The normalized spacial score (nSPS) is 6.17. The van der Waals surface area contributed by atoms with E-state index in [1.54, 1.807) is 0 Å². The molecule has 0 radical (unpaired) electrons. The number of carboxylic acids is 1. The van der Waals surface area contributed by atoms with E-state index in [4.69, 9.17) is 9.90 Å². The molecule has 0 aromatic rings. The molecule has 0 aromatic heterocycles. The summed E-state index contributed by atoms with van der Waals surface area (Å²) in [5.41, 5.74) is 0. The van der Waals surface area contributed by atoms with Crippen molar-refractivity contribution in [1.29, 1.82) is 0 Å². The predicted octanol–water partition coefficient (Wildman–Crippen LogP) is -0.115. The summed E-state index contributed by atoms with van der Waals surface area (Å²) < 4.78 is 10.5. The second-order valence-corrected chi connectivity index (χ2v) is 0.527. The maximum Gasteiger partial charge on any atom is 2.00 e. The summed E-state index contributed by atoms with van der Waals surface area (Å²) in [6.45, 7) is -1.28. The minimum absolute atomic E-state index is 0. The first-order valence-corrected chi connectivity index (χ1v) is 1.05. The second kappa shape index (κ2) is 5.88. The second-order valence-electron chi connectivity index (χ2n) is 0.527. The number of rotatable bonds is 1. The monoisotopic (exact) mass is 168 g/mol. The first-order valence-electron chi connectivity index (χ1n) is 1.05. The number of aliphatic carboxylic acids is 1. The van der Waals surface area contributed by atoms with E-state index in [2.05, 4.69) is 0 Å². The molecule has 4 heteroatoms. The summed E-state index contributed by atoms with van der Waals surface area (Å²) in [6, 6.07) is 0. The molecule has 34 valence electrons. The molecule has 0 amide bonds. The molecule has 0 saturated carbocycles. The van der Waals surface area contributed by atoms with Crippen LogP contribution in [0.25, 0.3) is 0 Å². The van der Waals surface area contributed by atoms with Crippen LogP contribution in [0, 0.1) is 0 Å². The number of alkyl halides is 1. The number of carboxylic acid groups (broad SMARTS) is 1. The SMILES string of the molecule is O=C(O)CF.[H-].[H-].[Sr+2]. The molecular formula is C2H5FO2Sr. The number of halogens is 1. The Kier molecular flexibility index (Phi) is 9.79. The van der Waals surface area contributed by atoms with Crippen molar-refractivity contribution < 1.29 is 17.1 Å². The molecule has 0 bridgehead atoms. The number of carbonyl (C=O) groups is 1. The number of hydrogen-bond donors (Lipinski definition) is 1. The Labute approximate surface area is 74.6 Å². The standard InChI is InChI=1S/C2H3FO2.Sr.2H/c3-1-2(4)5;;;/h1H2,(H,4,5);;;/q;+2;2*-1. The van der Waals surface area contributed by atoms with E-state index in [0.717, 1.165) is 0 Å². The van der Waals surface area contributed by atoms with Crippen molar-refractivity contribution in [2.75, 3.05) is 6.67 Å². The van der Waals surface area contributed by atoms with Crippen molar-refractivity contribution in [3.8, 4) is 0 Å². The minimum Gasteiger partial charge on any atom is -1.00 e. The largest absolute Gasteiger partial charge is 2.00 e. The summed E-state index contributed by atoms with van der Waals surface area (Å²) in [7, 11) is 0. The van der Waals surface area contributed by atoms with Gasteiger partial charge in [-0.05, 0) is 0 Å². The minimum atomic E-state index is -1.41. The molecule has 0 aliphatic carbocycles. The fourth-order valence-electron chi connectivity index (χ4n) is 0. The van der Waals surface area contributed by atoms with Crippen LogP contribution >= 0.6 is 0 Å². The molecule has 1 N–H and O–H groups in total. The van der Waals surface area contributed by atoms with Crippen LogP contribution in [0.1, 0.15) is 2.85 Å². The van der Waals surface area contributed by atoms with E-state index in [1.807, 2.05) is 0 Å². The molecule has 0 unspecified atom stereocenters. The molecule has 0 fully saturated rings. The van der Waals surface area contributed by atoms with Crippen molar-refractivity contribution >= 4 is 51.5 Å². The molecule has 0 aliphatic heterocycles. The molecule has 0 aliphatic rings. The van der Waals surface area contributed by atoms with Crippen LogP contribution < -0.4 is 0 Å². The van der Waals surface area contributed by atoms with Crippen molar-refractivity contribution in [3.63, 3.8) is 0 Å². The Morgan fingerprint density at radius 2 is 2.17 bits per heavy atom. The molecule has 0 heterocycles. The van der Waals surface area contributed by atoms with Gasteiger partial charge in [-0.3, -0.25) is 0 Å². The first kappa shape index (κ1) is 9.99. The van der Waals surface area contributed by atoms with Crippen molar-refractivity contribution in [2.45, 2.75) is 0 Å². The predicted molar refractivity (Wildman–Crippen MR) is 21.6 cm³/mol. The quantitative estimate of drug-likeness (QED) is 0.554. The first-order chi connectivity index (χ1) is 2.27. The van der Waals surface area contributed by atoms with Crippen LogP contribution in [-0.2, 0) is 4.79 Å². The molecular weight excluding hydrogens is 163 g/mol. The third-order valence-electron chi connectivity index (χ3n) is 0.114.